The van der Waals surface area contributed by atoms with Gasteiger partial charge in [-0.25, -0.2) is 4.98 Å². The van der Waals surface area contributed by atoms with Crippen molar-refractivity contribution in [2.45, 2.75) is 25.4 Å². The smallest absolute Gasteiger partial charge is 0.320 e. The van der Waals surface area contributed by atoms with Crippen molar-refractivity contribution in [1.82, 2.24) is 19.4 Å². The van der Waals surface area contributed by atoms with Crippen LogP contribution in [0.1, 0.15) is 18.4 Å². The van der Waals surface area contributed by atoms with Crippen LogP contribution < -0.4 is 0 Å². The molecule has 1 aromatic carbocycles. The summed E-state index contributed by atoms with van der Waals surface area (Å²) in [5.74, 6) is -0.907. The first kappa shape index (κ1) is 18.1. The highest BCUT2D eigenvalue weighted by Crippen LogP contribution is 2.25. The fourth-order valence-corrected chi connectivity index (χ4v) is 3.48. The third-order valence-electron chi connectivity index (χ3n) is 4.88. The van der Waals surface area contributed by atoms with Crippen molar-refractivity contribution in [3.8, 4) is 5.69 Å². The van der Waals surface area contributed by atoms with E-state index in [1.54, 1.807) is 31.5 Å². The molecule has 7 heteroatoms. The average Bonchev–Trinajstić information content (AvgIpc) is 3.16. The Morgan fingerprint density at radius 3 is 2.54 bits per heavy atom. The minimum absolute atomic E-state index is 0.0642. The van der Waals surface area contributed by atoms with Gasteiger partial charge in [-0.1, -0.05) is 12.1 Å². The molecule has 0 aliphatic carbocycles. The number of benzene rings is 1. The Morgan fingerprint density at radius 1 is 1.23 bits per heavy atom. The number of piperidine rings is 1. The van der Waals surface area contributed by atoms with Gasteiger partial charge in [0.2, 0.25) is 5.91 Å². The zero-order chi connectivity index (χ0) is 18.7. The van der Waals surface area contributed by atoms with Crippen molar-refractivity contribution in [3.05, 3.63) is 48.5 Å². The minimum Gasteiger partial charge on any atom is -0.480 e. The highest BCUT2D eigenvalue weighted by molar-refractivity contribution is 5.79. The molecule has 1 fully saturated rings. The van der Waals surface area contributed by atoms with Gasteiger partial charge in [0.05, 0.1) is 12.2 Å². The summed E-state index contributed by atoms with van der Waals surface area (Å²) < 4.78 is 1.91. The maximum absolute atomic E-state index is 12.3. The summed E-state index contributed by atoms with van der Waals surface area (Å²) in [4.78, 5) is 31.4. The molecule has 0 spiro atoms. The van der Waals surface area contributed by atoms with Gasteiger partial charge in [0.1, 0.15) is 6.04 Å². The Morgan fingerprint density at radius 2 is 1.96 bits per heavy atom. The molecule has 3 rings (SSSR count). The summed E-state index contributed by atoms with van der Waals surface area (Å²) in [6.45, 7) is 0.982. The van der Waals surface area contributed by atoms with Crippen molar-refractivity contribution < 1.29 is 14.7 Å². The molecule has 2 heterocycles. The first-order chi connectivity index (χ1) is 12.5. The van der Waals surface area contributed by atoms with Gasteiger partial charge in [-0.15, -0.1) is 0 Å². The number of imidazole rings is 1. The second-order valence-corrected chi connectivity index (χ2v) is 6.93. The van der Waals surface area contributed by atoms with Gasteiger partial charge < -0.3 is 14.6 Å². The summed E-state index contributed by atoms with van der Waals surface area (Å²) >= 11 is 0. The molecule has 1 aliphatic heterocycles. The van der Waals surface area contributed by atoms with Crippen molar-refractivity contribution in [1.29, 1.82) is 0 Å². The quantitative estimate of drug-likeness (QED) is 0.881. The van der Waals surface area contributed by atoms with E-state index in [0.717, 1.165) is 11.3 Å². The average molecular weight is 356 g/mol. The van der Waals surface area contributed by atoms with Crippen LogP contribution in [-0.2, 0) is 16.1 Å². The Labute approximate surface area is 152 Å². The van der Waals surface area contributed by atoms with Gasteiger partial charge >= 0.3 is 5.97 Å². The Balaban J connectivity index is 1.73. The number of hydrogen-bond donors (Lipinski definition) is 1. The predicted octanol–water partition coefficient (Wildman–Crippen LogP) is 1.63. The summed E-state index contributed by atoms with van der Waals surface area (Å²) in [6, 6.07) is 7.41. The number of amides is 1. The number of likely N-dealkylation sites (tertiary alicyclic amines) is 1. The molecule has 2 aromatic rings. The van der Waals surface area contributed by atoms with E-state index in [1.165, 1.54) is 0 Å². The molecule has 1 aromatic heterocycles. The van der Waals surface area contributed by atoms with Crippen LogP contribution in [0.3, 0.4) is 0 Å². The monoisotopic (exact) mass is 356 g/mol. The molecule has 1 aliphatic rings. The Hall–Kier alpha value is -2.67. The van der Waals surface area contributed by atoms with Gasteiger partial charge in [-0.05, 0) is 30.5 Å². The van der Waals surface area contributed by atoms with Crippen LogP contribution in [0.5, 0.6) is 0 Å². The maximum atomic E-state index is 12.3. The largest absolute Gasteiger partial charge is 0.480 e. The lowest BCUT2D eigenvalue weighted by Gasteiger charge is -2.37. The lowest BCUT2D eigenvalue weighted by atomic mass is 9.91. The number of aromatic nitrogens is 2. The molecule has 7 nitrogen and oxygen atoms in total. The number of rotatable bonds is 5. The molecular formula is C19H24N4O3. The van der Waals surface area contributed by atoms with E-state index < -0.39 is 12.0 Å². The predicted molar refractivity (Wildman–Crippen MR) is 96.8 cm³/mol. The topological polar surface area (TPSA) is 78.7 Å². The number of carbonyl (C=O) groups is 2. The van der Waals surface area contributed by atoms with Crippen LogP contribution in [0.4, 0.5) is 0 Å². The van der Waals surface area contributed by atoms with Crippen LogP contribution in [0.15, 0.2) is 43.0 Å². The summed E-state index contributed by atoms with van der Waals surface area (Å²) in [5, 5.41) is 9.54. The normalized spacial score (nSPS) is 20.7. The molecule has 138 valence electrons. The van der Waals surface area contributed by atoms with Gasteiger partial charge in [0.15, 0.2) is 0 Å². The van der Waals surface area contributed by atoms with E-state index in [4.69, 9.17) is 0 Å². The molecule has 1 saturated heterocycles. The highest BCUT2D eigenvalue weighted by Gasteiger charge is 2.36. The summed E-state index contributed by atoms with van der Waals surface area (Å²) in [7, 11) is 3.48. The molecule has 1 amide bonds. The number of carboxylic acid groups (broad SMARTS) is 1. The van der Waals surface area contributed by atoms with E-state index in [1.807, 2.05) is 39.9 Å². The van der Waals surface area contributed by atoms with E-state index in [2.05, 4.69) is 4.98 Å². The van der Waals surface area contributed by atoms with Crippen LogP contribution in [-0.4, -0.2) is 63.0 Å². The number of aliphatic carboxylic acids is 1. The first-order valence-corrected chi connectivity index (χ1v) is 8.71. The van der Waals surface area contributed by atoms with Crippen molar-refractivity contribution in [3.63, 3.8) is 0 Å². The Bertz CT molecular complexity index is 756. The lowest BCUT2D eigenvalue weighted by Crippen LogP contribution is -2.50. The molecule has 0 bridgehead atoms. The number of nitrogens with zero attached hydrogens (tertiary/aromatic N) is 4. The minimum atomic E-state index is -0.823. The van der Waals surface area contributed by atoms with Crippen molar-refractivity contribution >= 4 is 11.9 Å². The number of hydrogen-bond acceptors (Lipinski definition) is 4. The Kier molecular flexibility index (Phi) is 5.37. The molecular weight excluding hydrogens is 332 g/mol. The van der Waals surface area contributed by atoms with Gasteiger partial charge in [-0.2, -0.15) is 0 Å². The third-order valence-corrected chi connectivity index (χ3v) is 4.88. The number of carboxylic acids is 1. The third kappa shape index (κ3) is 3.94. The standard InChI is InChI=1S/C19H24N4O3/c1-21(2)18(24)15-5-8-17(19(25)26)23(12-15)11-14-3-6-16(7-4-14)22-10-9-20-13-22/h3-4,6-7,9-10,13,15,17H,5,8,11-12H2,1-2H3,(H,25,26). The van der Waals surface area contributed by atoms with Gasteiger partial charge in [0.25, 0.3) is 0 Å². The van der Waals surface area contributed by atoms with E-state index in [9.17, 15) is 14.7 Å². The van der Waals surface area contributed by atoms with Crippen LogP contribution in [0.2, 0.25) is 0 Å². The summed E-state index contributed by atoms with van der Waals surface area (Å²) in [5.41, 5.74) is 2.03. The summed E-state index contributed by atoms with van der Waals surface area (Å²) in [6.07, 6.45) is 6.44. The van der Waals surface area contributed by atoms with Crippen LogP contribution >= 0.6 is 0 Å². The molecule has 0 saturated carbocycles. The van der Waals surface area contributed by atoms with E-state index in [-0.39, 0.29) is 11.8 Å². The number of carbonyl (C=O) groups excluding carboxylic acids is 1. The SMILES string of the molecule is CN(C)C(=O)C1CCC(C(=O)O)N(Cc2ccc(-n3ccnc3)cc2)C1. The first-order valence-electron chi connectivity index (χ1n) is 8.71. The molecule has 2 unspecified atom stereocenters. The zero-order valence-electron chi connectivity index (χ0n) is 15.1. The van der Waals surface area contributed by atoms with Crippen molar-refractivity contribution in [2.75, 3.05) is 20.6 Å². The zero-order valence-corrected chi connectivity index (χ0v) is 15.1. The van der Waals surface area contributed by atoms with Crippen LogP contribution in [0.25, 0.3) is 5.69 Å². The molecule has 1 N–H and O–H groups in total. The second kappa shape index (κ2) is 7.70. The fraction of sp³-hybridized carbons (Fsp3) is 0.421. The maximum Gasteiger partial charge on any atom is 0.320 e. The van der Waals surface area contributed by atoms with E-state index in [0.29, 0.717) is 25.9 Å². The fourth-order valence-electron chi connectivity index (χ4n) is 3.48. The van der Waals surface area contributed by atoms with Crippen molar-refractivity contribution in [2.24, 2.45) is 5.92 Å². The molecule has 2 atom stereocenters. The molecule has 0 radical (unpaired) electrons. The van der Waals surface area contributed by atoms with Gasteiger partial charge in [-0.3, -0.25) is 14.5 Å². The van der Waals surface area contributed by atoms with Gasteiger partial charge in [0, 0.05) is 45.3 Å². The second-order valence-electron chi connectivity index (χ2n) is 6.93. The lowest BCUT2D eigenvalue weighted by molar-refractivity contribution is -0.148. The molecule has 26 heavy (non-hydrogen) atoms. The van der Waals surface area contributed by atoms with E-state index >= 15 is 0 Å². The van der Waals surface area contributed by atoms with Crippen LogP contribution in [0, 0.1) is 5.92 Å². The highest BCUT2D eigenvalue weighted by atomic mass is 16.4.